The molecule has 2 amide bonds. The van der Waals surface area contributed by atoms with Crippen LogP contribution in [0.25, 0.3) is 0 Å². The van der Waals surface area contributed by atoms with Crippen LogP contribution >= 0.6 is 0 Å². The van der Waals surface area contributed by atoms with E-state index in [1.165, 1.54) is 6.42 Å². The van der Waals surface area contributed by atoms with E-state index in [2.05, 4.69) is 20.6 Å². The van der Waals surface area contributed by atoms with Crippen LogP contribution in [0.2, 0.25) is 0 Å². The molecule has 1 aromatic heterocycles. The van der Waals surface area contributed by atoms with Crippen molar-refractivity contribution in [2.45, 2.75) is 31.8 Å². The second kappa shape index (κ2) is 6.88. The number of nitrogens with zero attached hydrogens (tertiary/aromatic N) is 3. The van der Waals surface area contributed by atoms with Crippen molar-refractivity contribution < 1.29 is 9.90 Å². The van der Waals surface area contributed by atoms with E-state index in [1.807, 2.05) is 25.0 Å². The first-order valence-electron chi connectivity index (χ1n) is 8.42. The molecule has 3 N–H and O–H groups in total. The van der Waals surface area contributed by atoms with E-state index in [4.69, 9.17) is 0 Å². The van der Waals surface area contributed by atoms with Gasteiger partial charge in [0.05, 0.1) is 18.4 Å². The SMILES string of the molecule is CN(C)CCn1cc(NC(=O)NC2C3CCC(C3)C2CO)cn1. The van der Waals surface area contributed by atoms with Crippen LogP contribution in [0.15, 0.2) is 12.4 Å². The highest BCUT2D eigenvalue weighted by atomic mass is 16.3. The monoisotopic (exact) mass is 321 g/mol. The summed E-state index contributed by atoms with van der Waals surface area (Å²) in [6.07, 6.45) is 6.99. The summed E-state index contributed by atoms with van der Waals surface area (Å²) in [5.41, 5.74) is 0.699. The predicted octanol–water partition coefficient (Wildman–Crippen LogP) is 0.973. The molecule has 2 fully saturated rings. The highest BCUT2D eigenvalue weighted by Crippen LogP contribution is 2.48. The minimum absolute atomic E-state index is 0.0996. The predicted molar refractivity (Wildman–Crippen MR) is 88.1 cm³/mol. The third kappa shape index (κ3) is 3.67. The van der Waals surface area contributed by atoms with E-state index in [0.29, 0.717) is 17.5 Å². The van der Waals surface area contributed by atoms with Crippen LogP contribution in [0, 0.1) is 17.8 Å². The zero-order chi connectivity index (χ0) is 16.4. The first kappa shape index (κ1) is 16.3. The molecule has 23 heavy (non-hydrogen) atoms. The average molecular weight is 321 g/mol. The number of carbonyl (C=O) groups is 1. The van der Waals surface area contributed by atoms with E-state index in [9.17, 15) is 9.90 Å². The zero-order valence-corrected chi connectivity index (χ0v) is 13.9. The maximum Gasteiger partial charge on any atom is 0.319 e. The molecule has 1 heterocycles. The molecule has 0 spiro atoms. The number of aromatic nitrogens is 2. The molecule has 1 aromatic rings. The van der Waals surface area contributed by atoms with Gasteiger partial charge in [0.15, 0.2) is 0 Å². The second-order valence-corrected chi connectivity index (χ2v) is 7.10. The van der Waals surface area contributed by atoms with E-state index >= 15 is 0 Å². The summed E-state index contributed by atoms with van der Waals surface area (Å²) in [5.74, 6) is 1.30. The number of rotatable bonds is 6. The Kier molecular flexibility index (Phi) is 4.87. The third-order valence-corrected chi connectivity index (χ3v) is 5.26. The largest absolute Gasteiger partial charge is 0.396 e. The molecule has 0 aromatic carbocycles. The van der Waals surface area contributed by atoms with Crippen molar-refractivity contribution in [2.24, 2.45) is 17.8 Å². The van der Waals surface area contributed by atoms with Crippen molar-refractivity contribution in [3.63, 3.8) is 0 Å². The van der Waals surface area contributed by atoms with E-state index in [1.54, 1.807) is 6.20 Å². The van der Waals surface area contributed by atoms with Gasteiger partial charge in [0.1, 0.15) is 0 Å². The molecule has 7 nitrogen and oxygen atoms in total. The fraction of sp³-hybridized carbons (Fsp3) is 0.750. The number of amides is 2. The molecule has 0 radical (unpaired) electrons. The fourth-order valence-electron chi connectivity index (χ4n) is 4.07. The molecule has 2 aliphatic carbocycles. The van der Waals surface area contributed by atoms with Crippen molar-refractivity contribution in [3.8, 4) is 0 Å². The molecule has 0 aliphatic heterocycles. The highest BCUT2D eigenvalue weighted by molar-refractivity contribution is 5.89. The van der Waals surface area contributed by atoms with Gasteiger partial charge in [-0.15, -0.1) is 0 Å². The molecule has 128 valence electrons. The second-order valence-electron chi connectivity index (χ2n) is 7.10. The Bertz CT molecular complexity index is 544. The highest BCUT2D eigenvalue weighted by Gasteiger charge is 2.47. The Labute approximate surface area is 137 Å². The molecular formula is C16H27N5O2. The summed E-state index contributed by atoms with van der Waals surface area (Å²) < 4.78 is 1.82. The topological polar surface area (TPSA) is 82.4 Å². The fourth-order valence-corrected chi connectivity index (χ4v) is 4.07. The van der Waals surface area contributed by atoms with Crippen LogP contribution in [0.3, 0.4) is 0 Å². The van der Waals surface area contributed by atoms with Gasteiger partial charge in [0.25, 0.3) is 0 Å². The van der Waals surface area contributed by atoms with Crippen molar-refractivity contribution in [1.29, 1.82) is 0 Å². The lowest BCUT2D eigenvalue weighted by Crippen LogP contribution is -2.46. The van der Waals surface area contributed by atoms with Gasteiger partial charge >= 0.3 is 6.03 Å². The molecule has 7 heteroatoms. The summed E-state index contributed by atoms with van der Waals surface area (Å²) >= 11 is 0. The van der Waals surface area contributed by atoms with Crippen LogP contribution < -0.4 is 10.6 Å². The summed E-state index contributed by atoms with van der Waals surface area (Å²) in [6.45, 7) is 1.85. The number of aliphatic hydroxyl groups is 1. The summed E-state index contributed by atoms with van der Waals surface area (Å²) in [4.78, 5) is 14.3. The van der Waals surface area contributed by atoms with Gasteiger partial charge in [-0.05, 0) is 45.2 Å². The van der Waals surface area contributed by atoms with Gasteiger partial charge in [-0.2, -0.15) is 5.10 Å². The first-order valence-corrected chi connectivity index (χ1v) is 8.42. The van der Waals surface area contributed by atoms with Crippen molar-refractivity contribution in [3.05, 3.63) is 12.4 Å². The zero-order valence-electron chi connectivity index (χ0n) is 13.9. The average Bonchev–Trinajstić information content (AvgIpc) is 3.20. The number of hydrogen-bond donors (Lipinski definition) is 3. The van der Waals surface area contributed by atoms with E-state index in [-0.39, 0.29) is 24.6 Å². The van der Waals surface area contributed by atoms with Crippen molar-refractivity contribution >= 4 is 11.7 Å². The van der Waals surface area contributed by atoms with Gasteiger partial charge in [0, 0.05) is 31.3 Å². The molecule has 2 aliphatic rings. The first-order chi connectivity index (χ1) is 11.1. The maximum atomic E-state index is 12.2. The Morgan fingerprint density at radius 2 is 2.22 bits per heavy atom. The lowest BCUT2D eigenvalue weighted by Gasteiger charge is -2.30. The molecule has 4 unspecified atom stereocenters. The Hall–Kier alpha value is -1.60. The number of likely N-dealkylation sites (N-methyl/N-ethyl adjacent to an activating group) is 1. The number of aliphatic hydroxyl groups excluding tert-OH is 1. The van der Waals surface area contributed by atoms with E-state index in [0.717, 1.165) is 25.9 Å². The molecule has 2 saturated carbocycles. The molecular weight excluding hydrogens is 294 g/mol. The number of carbonyl (C=O) groups excluding carboxylic acids is 1. The lowest BCUT2D eigenvalue weighted by atomic mass is 9.85. The van der Waals surface area contributed by atoms with Crippen molar-refractivity contribution in [1.82, 2.24) is 20.0 Å². The van der Waals surface area contributed by atoms with Crippen LogP contribution in [0.1, 0.15) is 19.3 Å². The molecule has 4 atom stereocenters. The Balaban J connectivity index is 1.51. The van der Waals surface area contributed by atoms with Gasteiger partial charge in [-0.1, -0.05) is 0 Å². The quantitative estimate of drug-likeness (QED) is 0.729. The van der Waals surface area contributed by atoms with Crippen LogP contribution in [-0.4, -0.2) is 59.1 Å². The molecule has 0 saturated heterocycles. The third-order valence-electron chi connectivity index (χ3n) is 5.26. The number of fused-ring (bicyclic) bond motifs is 2. The smallest absolute Gasteiger partial charge is 0.319 e. The summed E-state index contributed by atoms with van der Waals surface area (Å²) in [6, 6.07) is -0.101. The number of anilines is 1. The Morgan fingerprint density at radius 3 is 2.96 bits per heavy atom. The van der Waals surface area contributed by atoms with Crippen molar-refractivity contribution in [2.75, 3.05) is 32.6 Å². The number of urea groups is 1. The summed E-state index contributed by atoms with van der Waals surface area (Å²) in [5, 5.41) is 19.7. The van der Waals surface area contributed by atoms with Crippen LogP contribution in [-0.2, 0) is 6.54 Å². The van der Waals surface area contributed by atoms with Gasteiger partial charge in [-0.25, -0.2) is 4.79 Å². The molecule has 3 rings (SSSR count). The van der Waals surface area contributed by atoms with Gasteiger partial charge in [-0.3, -0.25) is 4.68 Å². The van der Waals surface area contributed by atoms with Gasteiger partial charge < -0.3 is 20.6 Å². The molecule has 2 bridgehead atoms. The normalized spacial score (nSPS) is 29.2. The summed E-state index contributed by atoms with van der Waals surface area (Å²) in [7, 11) is 4.03. The van der Waals surface area contributed by atoms with E-state index < -0.39 is 0 Å². The standard InChI is InChI=1S/C16H27N5O2/c1-20(2)5-6-21-9-13(8-17-21)18-16(23)19-15-12-4-3-11(7-12)14(15)10-22/h8-9,11-12,14-15,22H,3-7,10H2,1-2H3,(H2,18,19,23). The van der Waals surface area contributed by atoms with Gasteiger partial charge in [0.2, 0.25) is 0 Å². The number of nitrogens with one attached hydrogen (secondary N) is 2. The minimum Gasteiger partial charge on any atom is -0.396 e. The van der Waals surface area contributed by atoms with Crippen LogP contribution in [0.5, 0.6) is 0 Å². The number of hydrogen-bond acceptors (Lipinski definition) is 4. The Morgan fingerprint density at radius 1 is 1.43 bits per heavy atom. The minimum atomic E-state index is -0.201. The van der Waals surface area contributed by atoms with Crippen LogP contribution in [0.4, 0.5) is 10.5 Å². The lowest BCUT2D eigenvalue weighted by molar-refractivity contribution is 0.146. The maximum absolute atomic E-state index is 12.2.